The highest BCUT2D eigenvalue weighted by Gasteiger charge is 2.54. The molecule has 6 nitrogen and oxygen atoms in total. The molecule has 3 atom stereocenters. The molecular formula is C26H32O6S. The number of ether oxygens (including phenoxy) is 3. The second-order valence-electron chi connectivity index (χ2n) is 8.67. The summed E-state index contributed by atoms with van der Waals surface area (Å²) in [4.78, 5) is 11.3. The topological polar surface area (TPSA) is 78.1 Å². The second kappa shape index (κ2) is 10.9. The molecule has 1 unspecified atom stereocenters. The van der Waals surface area contributed by atoms with Crippen LogP contribution in [0.2, 0.25) is 0 Å². The molecule has 1 aromatic carbocycles. The molecule has 178 valence electrons. The lowest BCUT2D eigenvalue weighted by Crippen LogP contribution is -2.36. The minimum atomic E-state index is -0.738. The highest BCUT2D eigenvalue weighted by atomic mass is 32.2. The van der Waals surface area contributed by atoms with Crippen molar-refractivity contribution >= 4 is 17.7 Å². The van der Waals surface area contributed by atoms with Gasteiger partial charge in [0.1, 0.15) is 5.76 Å². The minimum absolute atomic E-state index is 0.0676. The van der Waals surface area contributed by atoms with Crippen LogP contribution in [-0.4, -0.2) is 43.3 Å². The van der Waals surface area contributed by atoms with Gasteiger partial charge >= 0.3 is 5.97 Å². The fraction of sp³-hybridized carbons (Fsp3) is 0.500. The molecule has 2 aromatic rings. The van der Waals surface area contributed by atoms with Crippen molar-refractivity contribution in [1.29, 1.82) is 0 Å². The van der Waals surface area contributed by atoms with Crippen molar-refractivity contribution in [3.05, 3.63) is 65.4 Å². The van der Waals surface area contributed by atoms with Crippen LogP contribution in [0.15, 0.2) is 58.1 Å². The van der Waals surface area contributed by atoms with E-state index in [1.165, 1.54) is 24.8 Å². The summed E-state index contributed by atoms with van der Waals surface area (Å²) in [5.41, 5.74) is 2.40. The fourth-order valence-corrected chi connectivity index (χ4v) is 5.86. The summed E-state index contributed by atoms with van der Waals surface area (Å²) in [6.07, 6.45) is 4.93. The molecule has 1 aliphatic heterocycles. The number of benzene rings is 1. The van der Waals surface area contributed by atoms with Crippen LogP contribution in [0.1, 0.15) is 48.5 Å². The fourth-order valence-electron chi connectivity index (χ4n) is 4.95. The van der Waals surface area contributed by atoms with Gasteiger partial charge < -0.3 is 23.7 Å². The van der Waals surface area contributed by atoms with Gasteiger partial charge in [-0.3, -0.25) is 0 Å². The van der Waals surface area contributed by atoms with E-state index in [2.05, 4.69) is 29.9 Å². The van der Waals surface area contributed by atoms with Crippen molar-refractivity contribution in [3.63, 3.8) is 0 Å². The summed E-state index contributed by atoms with van der Waals surface area (Å²) < 4.78 is 23.2. The van der Waals surface area contributed by atoms with Crippen LogP contribution < -0.4 is 0 Å². The van der Waals surface area contributed by atoms with Crippen LogP contribution in [0.25, 0.3) is 0 Å². The number of esters is 1. The zero-order chi connectivity index (χ0) is 23.3. The first-order valence-corrected chi connectivity index (χ1v) is 12.5. The van der Waals surface area contributed by atoms with Crippen molar-refractivity contribution in [2.24, 2.45) is 5.92 Å². The molecule has 1 aromatic heterocycles. The molecule has 4 rings (SSSR count). The zero-order valence-electron chi connectivity index (χ0n) is 19.2. The molecule has 1 N–H and O–H groups in total. The predicted octanol–water partition coefficient (Wildman–Crippen LogP) is 4.99. The smallest absolute Gasteiger partial charge is 0.330 e. The monoisotopic (exact) mass is 472 g/mol. The number of hydrogen-bond donors (Lipinski definition) is 1. The van der Waals surface area contributed by atoms with Gasteiger partial charge in [-0.1, -0.05) is 42.1 Å². The number of aliphatic hydroxyl groups is 1. The Hall–Kier alpha value is -2.06. The third-order valence-corrected chi connectivity index (χ3v) is 7.52. The maximum Gasteiger partial charge on any atom is 0.330 e. The van der Waals surface area contributed by atoms with E-state index in [0.29, 0.717) is 26.1 Å². The number of methoxy groups -OCH3 is 1. The van der Waals surface area contributed by atoms with E-state index in [0.717, 1.165) is 35.0 Å². The Balaban J connectivity index is 1.46. The number of hydrogen-bond acceptors (Lipinski definition) is 7. The van der Waals surface area contributed by atoms with E-state index in [9.17, 15) is 9.90 Å². The molecule has 2 fully saturated rings. The maximum absolute atomic E-state index is 11.3. The van der Waals surface area contributed by atoms with Crippen LogP contribution >= 0.6 is 11.8 Å². The van der Waals surface area contributed by atoms with Gasteiger partial charge in [0.05, 0.1) is 26.4 Å². The van der Waals surface area contributed by atoms with E-state index in [1.54, 1.807) is 11.8 Å². The molecule has 2 heterocycles. The normalized spacial score (nSPS) is 22.9. The van der Waals surface area contributed by atoms with Gasteiger partial charge in [-0.15, -0.1) is 0 Å². The highest BCUT2D eigenvalue weighted by Crippen LogP contribution is 2.53. The van der Waals surface area contributed by atoms with Crippen molar-refractivity contribution in [2.45, 2.75) is 61.3 Å². The quantitative estimate of drug-likeness (QED) is 0.313. The lowest BCUT2D eigenvalue weighted by Gasteiger charge is -2.32. The van der Waals surface area contributed by atoms with Gasteiger partial charge in [0.15, 0.2) is 10.9 Å². The molecule has 0 amide bonds. The average Bonchev–Trinajstić information content (AvgIpc) is 3.55. The van der Waals surface area contributed by atoms with Crippen LogP contribution in [0.3, 0.4) is 0 Å². The SMILES string of the molecule is COC(=O)/C=C/C(O)CC[C@H]1[C@H](c2oc(SCc3ccccc3)cc2C)CCC12OCCO2. The van der Waals surface area contributed by atoms with Crippen LogP contribution in [-0.2, 0) is 24.8 Å². The first-order valence-electron chi connectivity index (χ1n) is 11.5. The largest absolute Gasteiger partial charge is 0.466 e. The molecule has 33 heavy (non-hydrogen) atoms. The van der Waals surface area contributed by atoms with Crippen LogP contribution in [0, 0.1) is 12.8 Å². The molecule has 1 aliphatic carbocycles. The number of furan rings is 1. The maximum atomic E-state index is 11.3. The molecule has 0 bridgehead atoms. The third kappa shape index (κ3) is 5.72. The lowest BCUT2D eigenvalue weighted by atomic mass is 9.85. The van der Waals surface area contributed by atoms with E-state index < -0.39 is 17.9 Å². The van der Waals surface area contributed by atoms with Crippen LogP contribution in [0.4, 0.5) is 0 Å². The summed E-state index contributed by atoms with van der Waals surface area (Å²) >= 11 is 1.70. The molecule has 2 aliphatic rings. The minimum Gasteiger partial charge on any atom is -0.466 e. The van der Waals surface area contributed by atoms with Crippen molar-refractivity contribution in [1.82, 2.24) is 0 Å². The highest BCUT2D eigenvalue weighted by molar-refractivity contribution is 7.98. The summed E-state index contributed by atoms with van der Waals surface area (Å²) in [6.45, 7) is 3.27. The molecule has 1 saturated carbocycles. The third-order valence-electron chi connectivity index (χ3n) is 6.55. The lowest BCUT2D eigenvalue weighted by molar-refractivity contribution is -0.185. The number of rotatable bonds is 9. The second-order valence-corrected chi connectivity index (χ2v) is 9.65. The Morgan fingerprint density at radius 3 is 2.79 bits per heavy atom. The van der Waals surface area contributed by atoms with Crippen molar-refractivity contribution in [2.75, 3.05) is 20.3 Å². The number of aryl methyl sites for hydroxylation is 1. The Bertz CT molecular complexity index is 947. The van der Waals surface area contributed by atoms with Gasteiger partial charge in [0.2, 0.25) is 0 Å². The summed E-state index contributed by atoms with van der Waals surface area (Å²) in [5, 5.41) is 11.3. The summed E-state index contributed by atoms with van der Waals surface area (Å²) in [7, 11) is 1.32. The number of thioether (sulfide) groups is 1. The van der Waals surface area contributed by atoms with E-state index >= 15 is 0 Å². The molecule has 0 radical (unpaired) electrons. The predicted molar refractivity (Wildman–Crippen MR) is 126 cm³/mol. The van der Waals surface area contributed by atoms with E-state index in [1.807, 2.05) is 18.2 Å². The first-order chi connectivity index (χ1) is 16.0. The van der Waals surface area contributed by atoms with Gasteiger partial charge in [-0.25, -0.2) is 4.79 Å². The van der Waals surface area contributed by atoms with Gasteiger partial charge in [0.25, 0.3) is 0 Å². The van der Waals surface area contributed by atoms with E-state index in [4.69, 9.17) is 13.9 Å². The van der Waals surface area contributed by atoms with Gasteiger partial charge in [-0.2, -0.15) is 0 Å². The Kier molecular flexibility index (Phi) is 7.96. The number of carbonyl (C=O) groups is 1. The van der Waals surface area contributed by atoms with Gasteiger partial charge in [0, 0.05) is 30.1 Å². The Labute approximate surface area is 199 Å². The number of aliphatic hydroxyl groups excluding tert-OH is 1. The first kappa shape index (κ1) is 24.1. The summed E-state index contributed by atoms with van der Waals surface area (Å²) in [5.74, 6) is 0.983. The Morgan fingerprint density at radius 2 is 2.06 bits per heavy atom. The summed E-state index contributed by atoms with van der Waals surface area (Å²) in [6, 6.07) is 12.5. The average molecular weight is 473 g/mol. The molecular weight excluding hydrogens is 440 g/mol. The van der Waals surface area contributed by atoms with E-state index in [-0.39, 0.29) is 11.8 Å². The molecule has 7 heteroatoms. The van der Waals surface area contributed by atoms with Crippen molar-refractivity contribution in [3.8, 4) is 0 Å². The zero-order valence-corrected chi connectivity index (χ0v) is 20.0. The standard InChI is InChI=1S/C26H32O6S/c1-18-16-24(33-17-19-6-4-3-5-7-19)32-25(18)21-12-13-26(30-14-15-31-26)22(21)10-8-20(27)9-11-23(28)29-2/h3-7,9,11,16,20-22,27H,8,10,12-15,17H2,1-2H3/b11-9+/t20?,21-,22+/m1/s1. The molecule has 1 saturated heterocycles. The van der Waals surface area contributed by atoms with Crippen LogP contribution in [0.5, 0.6) is 0 Å². The molecule has 1 spiro atoms. The van der Waals surface area contributed by atoms with Crippen molar-refractivity contribution < 1.29 is 28.5 Å². The number of carbonyl (C=O) groups excluding carboxylic acids is 1. The van der Waals surface area contributed by atoms with Gasteiger partial charge in [-0.05, 0) is 49.5 Å². The Morgan fingerprint density at radius 1 is 1.30 bits per heavy atom.